The number of thiophene rings is 1. The quantitative estimate of drug-likeness (QED) is 0.910. The van der Waals surface area contributed by atoms with Crippen LogP contribution in [0.5, 0.6) is 0 Å². The molecular formula is C17H22N2S. The SMILES string of the molecule is CCNC(c1cnccc1C)C1CCCc2sccc21. The van der Waals surface area contributed by atoms with E-state index in [2.05, 4.69) is 41.7 Å². The van der Waals surface area contributed by atoms with Crippen molar-refractivity contribution in [3.05, 3.63) is 51.5 Å². The molecule has 1 aliphatic rings. The van der Waals surface area contributed by atoms with Gasteiger partial charge in [0.25, 0.3) is 0 Å². The summed E-state index contributed by atoms with van der Waals surface area (Å²) in [4.78, 5) is 5.94. The lowest BCUT2D eigenvalue weighted by Gasteiger charge is -2.32. The second kappa shape index (κ2) is 6.06. The fourth-order valence-electron chi connectivity index (χ4n) is 3.36. The van der Waals surface area contributed by atoms with Gasteiger partial charge in [-0.25, -0.2) is 0 Å². The summed E-state index contributed by atoms with van der Waals surface area (Å²) in [5, 5.41) is 5.96. The number of aromatic nitrogens is 1. The van der Waals surface area contributed by atoms with Gasteiger partial charge < -0.3 is 5.32 Å². The van der Waals surface area contributed by atoms with Crippen molar-refractivity contribution in [3.63, 3.8) is 0 Å². The summed E-state index contributed by atoms with van der Waals surface area (Å²) in [6.07, 6.45) is 7.77. The third kappa shape index (κ3) is 2.52. The number of hydrogen-bond donors (Lipinski definition) is 1. The lowest BCUT2D eigenvalue weighted by Crippen LogP contribution is -2.29. The number of rotatable bonds is 4. The summed E-state index contributed by atoms with van der Waals surface area (Å²) in [7, 11) is 0. The molecule has 2 nitrogen and oxygen atoms in total. The Morgan fingerprint density at radius 2 is 2.35 bits per heavy atom. The molecule has 0 saturated heterocycles. The van der Waals surface area contributed by atoms with E-state index in [1.54, 1.807) is 10.4 Å². The summed E-state index contributed by atoms with van der Waals surface area (Å²) in [5.74, 6) is 0.591. The van der Waals surface area contributed by atoms with E-state index < -0.39 is 0 Å². The number of nitrogens with zero attached hydrogens (tertiary/aromatic N) is 1. The summed E-state index contributed by atoms with van der Waals surface area (Å²) >= 11 is 1.92. The van der Waals surface area contributed by atoms with Gasteiger partial charge in [0.15, 0.2) is 0 Å². The standard InChI is InChI=1S/C17H22N2S/c1-3-19-17(15-11-18-9-7-12(15)2)14-5-4-6-16-13(14)8-10-20-16/h7-11,14,17,19H,3-6H2,1-2H3. The lowest BCUT2D eigenvalue weighted by molar-refractivity contribution is 0.409. The molecule has 2 unspecified atom stereocenters. The maximum atomic E-state index is 4.35. The molecule has 3 heteroatoms. The first-order chi connectivity index (χ1) is 9.81. The van der Waals surface area contributed by atoms with Crippen LogP contribution in [0, 0.1) is 6.92 Å². The molecule has 0 radical (unpaired) electrons. The number of hydrogen-bond acceptors (Lipinski definition) is 3. The van der Waals surface area contributed by atoms with Crippen LogP contribution in [-0.4, -0.2) is 11.5 Å². The average molecular weight is 286 g/mol. The Kier molecular flexibility index (Phi) is 4.18. The van der Waals surface area contributed by atoms with Crippen molar-refractivity contribution in [1.29, 1.82) is 0 Å². The van der Waals surface area contributed by atoms with E-state index >= 15 is 0 Å². The fraction of sp³-hybridized carbons (Fsp3) is 0.471. The molecule has 1 aliphatic carbocycles. The third-order valence-electron chi connectivity index (χ3n) is 4.34. The maximum Gasteiger partial charge on any atom is 0.0407 e. The Morgan fingerprint density at radius 3 is 3.15 bits per heavy atom. The minimum absolute atomic E-state index is 0.391. The smallest absolute Gasteiger partial charge is 0.0407 e. The van der Waals surface area contributed by atoms with Crippen LogP contribution in [0.2, 0.25) is 0 Å². The minimum atomic E-state index is 0.391. The number of aryl methyl sites for hydroxylation is 2. The zero-order chi connectivity index (χ0) is 13.9. The van der Waals surface area contributed by atoms with Crippen molar-refractivity contribution in [2.75, 3.05) is 6.54 Å². The predicted molar refractivity (Wildman–Crippen MR) is 85.4 cm³/mol. The van der Waals surface area contributed by atoms with Crippen LogP contribution < -0.4 is 5.32 Å². The molecule has 2 atom stereocenters. The fourth-order valence-corrected chi connectivity index (χ4v) is 4.36. The van der Waals surface area contributed by atoms with Gasteiger partial charge in [0.2, 0.25) is 0 Å². The molecule has 0 aliphatic heterocycles. The molecule has 0 saturated carbocycles. The predicted octanol–water partition coefficient (Wildman–Crippen LogP) is 4.22. The Hall–Kier alpha value is -1.19. The molecule has 0 aromatic carbocycles. The molecule has 3 rings (SSSR count). The second-order valence-corrected chi connectivity index (χ2v) is 6.57. The van der Waals surface area contributed by atoms with E-state index in [9.17, 15) is 0 Å². The van der Waals surface area contributed by atoms with Gasteiger partial charge in [-0.1, -0.05) is 6.92 Å². The molecule has 0 spiro atoms. The zero-order valence-electron chi connectivity index (χ0n) is 12.2. The van der Waals surface area contributed by atoms with Crippen molar-refractivity contribution < 1.29 is 0 Å². The first kappa shape index (κ1) is 13.8. The highest BCUT2D eigenvalue weighted by Gasteiger charge is 2.30. The lowest BCUT2D eigenvalue weighted by atomic mass is 9.79. The first-order valence-corrected chi connectivity index (χ1v) is 8.39. The van der Waals surface area contributed by atoms with E-state index in [1.165, 1.54) is 30.4 Å². The molecule has 2 aromatic rings. The van der Waals surface area contributed by atoms with Crippen molar-refractivity contribution in [2.24, 2.45) is 0 Å². The Balaban J connectivity index is 1.99. The molecule has 2 heterocycles. The van der Waals surface area contributed by atoms with E-state index in [0.29, 0.717) is 12.0 Å². The maximum absolute atomic E-state index is 4.35. The second-order valence-electron chi connectivity index (χ2n) is 5.57. The van der Waals surface area contributed by atoms with Gasteiger partial charge in [-0.05, 0) is 66.9 Å². The first-order valence-electron chi connectivity index (χ1n) is 7.51. The topological polar surface area (TPSA) is 24.9 Å². The molecule has 1 N–H and O–H groups in total. The van der Waals surface area contributed by atoms with Crippen molar-refractivity contribution in [3.8, 4) is 0 Å². The van der Waals surface area contributed by atoms with Crippen molar-refractivity contribution >= 4 is 11.3 Å². The van der Waals surface area contributed by atoms with E-state index in [1.807, 2.05) is 23.7 Å². The molecule has 0 fully saturated rings. The van der Waals surface area contributed by atoms with Gasteiger partial charge in [-0.3, -0.25) is 4.98 Å². The molecule has 0 amide bonds. The highest BCUT2D eigenvalue weighted by molar-refractivity contribution is 7.10. The summed E-state index contributed by atoms with van der Waals surface area (Å²) in [5.41, 5.74) is 4.27. The number of nitrogens with one attached hydrogen (secondary N) is 1. The minimum Gasteiger partial charge on any atom is -0.310 e. The molecule has 20 heavy (non-hydrogen) atoms. The summed E-state index contributed by atoms with van der Waals surface area (Å²) < 4.78 is 0. The van der Waals surface area contributed by atoms with E-state index in [4.69, 9.17) is 0 Å². The Morgan fingerprint density at radius 1 is 1.45 bits per heavy atom. The van der Waals surface area contributed by atoms with Gasteiger partial charge in [0.05, 0.1) is 0 Å². The van der Waals surface area contributed by atoms with Crippen LogP contribution in [0.4, 0.5) is 0 Å². The van der Waals surface area contributed by atoms with Gasteiger partial charge in [-0.2, -0.15) is 0 Å². The van der Waals surface area contributed by atoms with Gasteiger partial charge in [-0.15, -0.1) is 11.3 Å². The zero-order valence-corrected chi connectivity index (χ0v) is 13.0. The number of pyridine rings is 1. The molecule has 106 valence electrons. The summed E-state index contributed by atoms with van der Waals surface area (Å²) in [6.45, 7) is 5.38. The molecular weight excluding hydrogens is 264 g/mol. The monoisotopic (exact) mass is 286 g/mol. The van der Waals surface area contributed by atoms with Crippen molar-refractivity contribution in [2.45, 2.75) is 45.1 Å². The van der Waals surface area contributed by atoms with Crippen LogP contribution in [0.25, 0.3) is 0 Å². The van der Waals surface area contributed by atoms with Crippen LogP contribution in [-0.2, 0) is 6.42 Å². The highest BCUT2D eigenvalue weighted by atomic mass is 32.1. The largest absolute Gasteiger partial charge is 0.310 e. The van der Waals surface area contributed by atoms with Crippen LogP contribution >= 0.6 is 11.3 Å². The summed E-state index contributed by atoms with van der Waals surface area (Å²) in [6, 6.07) is 4.85. The molecule has 0 bridgehead atoms. The van der Waals surface area contributed by atoms with Gasteiger partial charge >= 0.3 is 0 Å². The van der Waals surface area contributed by atoms with Crippen LogP contribution in [0.3, 0.4) is 0 Å². The van der Waals surface area contributed by atoms with Crippen LogP contribution in [0.1, 0.15) is 53.3 Å². The van der Waals surface area contributed by atoms with E-state index in [-0.39, 0.29) is 0 Å². The van der Waals surface area contributed by atoms with Gasteiger partial charge in [0.1, 0.15) is 0 Å². The van der Waals surface area contributed by atoms with Crippen LogP contribution in [0.15, 0.2) is 29.9 Å². The highest BCUT2D eigenvalue weighted by Crippen LogP contribution is 2.42. The molecule has 2 aromatic heterocycles. The van der Waals surface area contributed by atoms with Crippen molar-refractivity contribution in [1.82, 2.24) is 10.3 Å². The average Bonchev–Trinajstić information content (AvgIpc) is 2.94. The normalized spacial score (nSPS) is 19.6. The van der Waals surface area contributed by atoms with Gasteiger partial charge in [0, 0.05) is 29.2 Å². The Bertz CT molecular complexity index is 576. The van der Waals surface area contributed by atoms with E-state index in [0.717, 1.165) is 6.54 Å². The number of fused-ring (bicyclic) bond motifs is 1. The third-order valence-corrected chi connectivity index (χ3v) is 5.34. The number of likely N-dealkylation sites (N-methyl/N-ethyl adjacent to an activating group) is 1. The Labute approximate surface area is 125 Å².